The Morgan fingerprint density at radius 2 is 2.13 bits per heavy atom. The highest BCUT2D eigenvalue weighted by atomic mass is 19.1. The van der Waals surface area contributed by atoms with Crippen LogP contribution in [0, 0.1) is 5.92 Å². The van der Waals surface area contributed by atoms with Gasteiger partial charge in [-0.1, -0.05) is 0 Å². The van der Waals surface area contributed by atoms with E-state index in [1.807, 2.05) is 0 Å². The van der Waals surface area contributed by atoms with Gasteiger partial charge in [0.1, 0.15) is 11.8 Å². The number of amides is 1. The summed E-state index contributed by atoms with van der Waals surface area (Å²) in [7, 11) is 0. The van der Waals surface area contributed by atoms with E-state index in [9.17, 15) is 9.18 Å². The fraction of sp³-hybridized carbons (Fsp3) is 0.900. The van der Waals surface area contributed by atoms with Crippen LogP contribution >= 0.6 is 0 Å². The van der Waals surface area contributed by atoms with Crippen molar-refractivity contribution < 1.29 is 13.9 Å². The van der Waals surface area contributed by atoms with Crippen molar-refractivity contribution in [1.82, 2.24) is 4.90 Å². The zero-order valence-electron chi connectivity index (χ0n) is 9.50. The summed E-state index contributed by atoms with van der Waals surface area (Å²) in [4.78, 5) is 12.9. The summed E-state index contributed by atoms with van der Waals surface area (Å²) in [5.41, 5.74) is 4.70. The van der Waals surface area contributed by atoms with Crippen molar-refractivity contribution in [2.75, 3.05) is 19.6 Å². The standard InChI is InChI=1S/C10H19FN2O2/c1-10(2,3)15-9(14)13-5-7(6-13)8(11)4-12/h7-8H,4-6,12H2,1-3H3. The number of likely N-dealkylation sites (tertiary alicyclic amines) is 1. The van der Waals surface area contributed by atoms with Gasteiger partial charge in [0.2, 0.25) is 0 Å². The average Bonchev–Trinajstić information content (AvgIpc) is 1.97. The molecule has 1 atom stereocenters. The monoisotopic (exact) mass is 218 g/mol. The summed E-state index contributed by atoms with van der Waals surface area (Å²) >= 11 is 0. The van der Waals surface area contributed by atoms with Crippen LogP contribution in [0.15, 0.2) is 0 Å². The maximum Gasteiger partial charge on any atom is 0.410 e. The summed E-state index contributed by atoms with van der Waals surface area (Å²) in [5.74, 6) is -0.123. The Hall–Kier alpha value is -0.840. The molecule has 1 rings (SSSR count). The highest BCUT2D eigenvalue weighted by Crippen LogP contribution is 2.23. The third kappa shape index (κ3) is 3.34. The van der Waals surface area contributed by atoms with Gasteiger partial charge in [0, 0.05) is 25.6 Å². The summed E-state index contributed by atoms with van der Waals surface area (Å²) < 4.78 is 18.2. The van der Waals surface area contributed by atoms with E-state index in [-0.39, 0.29) is 18.6 Å². The number of carbonyl (C=O) groups excluding carboxylic acids is 1. The van der Waals surface area contributed by atoms with Gasteiger partial charge in [-0.05, 0) is 20.8 Å². The summed E-state index contributed by atoms with van der Waals surface area (Å²) in [6.45, 7) is 6.26. The van der Waals surface area contributed by atoms with Gasteiger partial charge >= 0.3 is 6.09 Å². The van der Waals surface area contributed by atoms with Crippen molar-refractivity contribution in [3.05, 3.63) is 0 Å². The molecule has 1 amide bonds. The van der Waals surface area contributed by atoms with E-state index in [0.29, 0.717) is 13.1 Å². The third-order valence-electron chi connectivity index (χ3n) is 2.30. The smallest absolute Gasteiger partial charge is 0.410 e. The fourth-order valence-corrected chi connectivity index (χ4v) is 1.41. The highest BCUT2D eigenvalue weighted by Gasteiger charge is 2.37. The first-order chi connectivity index (χ1) is 6.83. The van der Waals surface area contributed by atoms with Crippen LogP contribution < -0.4 is 5.73 Å². The lowest BCUT2D eigenvalue weighted by molar-refractivity contribution is -0.0139. The lowest BCUT2D eigenvalue weighted by atomic mass is 9.95. The van der Waals surface area contributed by atoms with Crippen LogP contribution in [0.3, 0.4) is 0 Å². The van der Waals surface area contributed by atoms with Crippen molar-refractivity contribution in [2.45, 2.75) is 32.5 Å². The molecule has 1 fully saturated rings. The Bertz CT molecular complexity index is 234. The summed E-state index contributed by atoms with van der Waals surface area (Å²) in [5, 5.41) is 0. The molecule has 0 aliphatic carbocycles. The minimum Gasteiger partial charge on any atom is -0.444 e. The molecule has 0 aromatic carbocycles. The van der Waals surface area contributed by atoms with Crippen molar-refractivity contribution >= 4 is 6.09 Å². The molecular formula is C10H19FN2O2. The van der Waals surface area contributed by atoms with Gasteiger partial charge in [0.25, 0.3) is 0 Å². The molecule has 1 aliphatic heterocycles. The molecule has 0 bridgehead atoms. The van der Waals surface area contributed by atoms with Crippen LogP contribution in [-0.2, 0) is 4.74 Å². The molecule has 1 saturated heterocycles. The molecular weight excluding hydrogens is 199 g/mol. The zero-order chi connectivity index (χ0) is 11.6. The Morgan fingerprint density at radius 3 is 2.53 bits per heavy atom. The van der Waals surface area contributed by atoms with Gasteiger partial charge < -0.3 is 15.4 Å². The second-order valence-electron chi connectivity index (χ2n) is 4.90. The van der Waals surface area contributed by atoms with Crippen LogP contribution in [0.1, 0.15) is 20.8 Å². The van der Waals surface area contributed by atoms with Gasteiger partial charge in [-0.15, -0.1) is 0 Å². The van der Waals surface area contributed by atoms with Gasteiger partial charge in [-0.25, -0.2) is 9.18 Å². The average molecular weight is 218 g/mol. The van der Waals surface area contributed by atoms with E-state index < -0.39 is 11.8 Å². The summed E-state index contributed by atoms with van der Waals surface area (Å²) in [6, 6.07) is 0. The quantitative estimate of drug-likeness (QED) is 0.756. The molecule has 1 unspecified atom stereocenters. The minimum absolute atomic E-state index is 0.0207. The fourth-order valence-electron chi connectivity index (χ4n) is 1.41. The molecule has 0 aromatic rings. The zero-order valence-corrected chi connectivity index (χ0v) is 9.50. The van der Waals surface area contributed by atoms with Crippen molar-refractivity contribution in [2.24, 2.45) is 11.7 Å². The molecule has 0 aromatic heterocycles. The molecule has 15 heavy (non-hydrogen) atoms. The van der Waals surface area contributed by atoms with Crippen LogP contribution in [0.4, 0.5) is 9.18 Å². The minimum atomic E-state index is -1.01. The first kappa shape index (κ1) is 12.2. The second-order valence-corrected chi connectivity index (χ2v) is 4.90. The number of halogens is 1. The third-order valence-corrected chi connectivity index (χ3v) is 2.30. The maximum absolute atomic E-state index is 13.0. The Morgan fingerprint density at radius 1 is 1.60 bits per heavy atom. The normalized spacial score (nSPS) is 19.7. The van der Waals surface area contributed by atoms with Crippen LogP contribution in [0.25, 0.3) is 0 Å². The number of alkyl halides is 1. The van der Waals surface area contributed by atoms with Gasteiger partial charge in [-0.3, -0.25) is 0 Å². The van der Waals surface area contributed by atoms with Crippen LogP contribution in [0.2, 0.25) is 0 Å². The number of hydrogen-bond acceptors (Lipinski definition) is 3. The second kappa shape index (κ2) is 4.35. The molecule has 88 valence electrons. The summed E-state index contributed by atoms with van der Waals surface area (Å²) in [6.07, 6.45) is -1.38. The molecule has 1 aliphatic rings. The molecule has 0 radical (unpaired) electrons. The van der Waals surface area contributed by atoms with E-state index in [0.717, 1.165) is 0 Å². The number of nitrogens with two attached hydrogens (primary N) is 1. The van der Waals surface area contributed by atoms with Gasteiger partial charge in [0.05, 0.1) is 0 Å². The number of ether oxygens (including phenoxy) is 1. The van der Waals surface area contributed by atoms with Gasteiger partial charge in [0.15, 0.2) is 0 Å². The van der Waals surface area contributed by atoms with E-state index in [4.69, 9.17) is 10.5 Å². The van der Waals surface area contributed by atoms with E-state index in [1.54, 1.807) is 20.8 Å². The largest absolute Gasteiger partial charge is 0.444 e. The molecule has 2 N–H and O–H groups in total. The number of carbonyl (C=O) groups is 1. The van der Waals surface area contributed by atoms with Crippen molar-refractivity contribution in [3.8, 4) is 0 Å². The predicted molar refractivity (Wildman–Crippen MR) is 55.2 cm³/mol. The van der Waals surface area contributed by atoms with E-state index in [1.165, 1.54) is 4.90 Å². The maximum atomic E-state index is 13.0. The Labute approximate surface area is 89.6 Å². The number of hydrogen-bond donors (Lipinski definition) is 1. The lowest BCUT2D eigenvalue weighted by Gasteiger charge is -2.40. The molecule has 4 nitrogen and oxygen atoms in total. The lowest BCUT2D eigenvalue weighted by Crippen LogP contribution is -2.55. The van der Waals surface area contributed by atoms with Crippen LogP contribution in [-0.4, -0.2) is 42.4 Å². The first-order valence-electron chi connectivity index (χ1n) is 5.15. The number of nitrogens with zero attached hydrogens (tertiary/aromatic N) is 1. The molecule has 5 heteroatoms. The SMILES string of the molecule is CC(C)(C)OC(=O)N1CC(C(F)CN)C1. The highest BCUT2D eigenvalue weighted by molar-refractivity contribution is 5.69. The molecule has 0 saturated carbocycles. The predicted octanol–water partition coefficient (Wildman–Crippen LogP) is 1.15. The Balaban J connectivity index is 2.30. The van der Waals surface area contributed by atoms with Gasteiger partial charge in [-0.2, -0.15) is 0 Å². The molecule has 1 heterocycles. The van der Waals surface area contributed by atoms with Crippen LogP contribution in [0.5, 0.6) is 0 Å². The van der Waals surface area contributed by atoms with E-state index >= 15 is 0 Å². The molecule has 0 spiro atoms. The Kier molecular flexibility index (Phi) is 3.54. The topological polar surface area (TPSA) is 55.6 Å². The van der Waals surface area contributed by atoms with E-state index in [2.05, 4.69) is 0 Å². The van der Waals surface area contributed by atoms with Crippen molar-refractivity contribution in [1.29, 1.82) is 0 Å². The first-order valence-corrected chi connectivity index (χ1v) is 5.15. The van der Waals surface area contributed by atoms with Crippen molar-refractivity contribution in [3.63, 3.8) is 0 Å². The number of rotatable bonds is 2.